The van der Waals surface area contributed by atoms with Gasteiger partial charge in [-0.05, 0) is 18.9 Å². The minimum Gasteiger partial charge on any atom is -0.366 e. The summed E-state index contributed by atoms with van der Waals surface area (Å²) in [6.45, 7) is 1.54. The van der Waals surface area contributed by atoms with Gasteiger partial charge in [-0.15, -0.1) is 0 Å². The van der Waals surface area contributed by atoms with Gasteiger partial charge in [-0.25, -0.2) is 4.39 Å². The summed E-state index contributed by atoms with van der Waals surface area (Å²) in [5.74, 6) is -0.428. The highest BCUT2D eigenvalue weighted by Crippen LogP contribution is 2.31. The normalized spacial score (nSPS) is 15.7. The smallest absolute Gasteiger partial charge is 0.292 e. The average Bonchev–Trinajstić information content (AvgIpc) is 2.69. The van der Waals surface area contributed by atoms with Crippen molar-refractivity contribution in [1.82, 2.24) is 0 Å². The predicted molar refractivity (Wildman–Crippen MR) is 54.5 cm³/mol. The molecule has 0 unspecified atom stereocenters. The zero-order chi connectivity index (χ0) is 10.8. The molecule has 0 N–H and O–H groups in total. The lowest BCUT2D eigenvalue weighted by Gasteiger charge is -2.17. The van der Waals surface area contributed by atoms with Gasteiger partial charge in [0, 0.05) is 25.2 Å². The molecule has 1 aromatic carbocycles. The molecule has 0 bridgehead atoms. The number of benzene rings is 1. The number of rotatable bonds is 2. The molecule has 0 aliphatic carbocycles. The fraction of sp³-hybridized carbons (Fsp3) is 0.400. The highest BCUT2D eigenvalue weighted by Gasteiger charge is 2.22. The largest absolute Gasteiger partial charge is 0.366 e. The predicted octanol–water partition coefficient (Wildman–Crippen LogP) is 2.33. The fourth-order valence-electron chi connectivity index (χ4n) is 1.86. The molecule has 2 rings (SSSR count). The van der Waals surface area contributed by atoms with Crippen LogP contribution in [-0.2, 0) is 0 Å². The van der Waals surface area contributed by atoms with Crippen LogP contribution in [0, 0.1) is 15.9 Å². The summed E-state index contributed by atoms with van der Waals surface area (Å²) in [6.07, 6.45) is 2.02. The Bertz CT molecular complexity index is 389. The Morgan fingerprint density at radius 1 is 1.33 bits per heavy atom. The zero-order valence-corrected chi connectivity index (χ0v) is 8.15. The number of hydrogen-bond donors (Lipinski definition) is 0. The van der Waals surface area contributed by atoms with E-state index in [-0.39, 0.29) is 5.69 Å². The summed E-state index contributed by atoms with van der Waals surface area (Å²) in [4.78, 5) is 12.1. The first kappa shape index (κ1) is 9.89. The van der Waals surface area contributed by atoms with Crippen LogP contribution >= 0.6 is 0 Å². The van der Waals surface area contributed by atoms with E-state index in [4.69, 9.17) is 0 Å². The molecular formula is C10H11FN2O2. The maximum atomic E-state index is 13.0. The van der Waals surface area contributed by atoms with E-state index in [0.29, 0.717) is 5.69 Å². The molecule has 80 valence electrons. The molecule has 0 amide bonds. The van der Waals surface area contributed by atoms with Crippen molar-refractivity contribution in [3.8, 4) is 0 Å². The van der Waals surface area contributed by atoms with Gasteiger partial charge < -0.3 is 4.90 Å². The minimum absolute atomic E-state index is 0.0155. The quantitative estimate of drug-likeness (QED) is 0.556. The monoisotopic (exact) mass is 210 g/mol. The first-order valence-electron chi connectivity index (χ1n) is 4.87. The van der Waals surface area contributed by atoms with E-state index >= 15 is 0 Å². The molecule has 5 heteroatoms. The molecule has 1 aromatic rings. The molecule has 1 saturated heterocycles. The lowest BCUT2D eigenvalue weighted by atomic mass is 10.2. The second kappa shape index (κ2) is 3.84. The van der Waals surface area contributed by atoms with Gasteiger partial charge in [0.2, 0.25) is 0 Å². The molecule has 0 atom stereocenters. The van der Waals surface area contributed by atoms with E-state index in [9.17, 15) is 14.5 Å². The number of anilines is 1. The number of nitro benzene ring substituents is 1. The molecule has 0 aromatic heterocycles. The van der Waals surface area contributed by atoms with E-state index in [1.807, 2.05) is 4.90 Å². The summed E-state index contributed by atoms with van der Waals surface area (Å²) in [5.41, 5.74) is 0.385. The van der Waals surface area contributed by atoms with Gasteiger partial charge in [-0.1, -0.05) is 0 Å². The molecule has 0 saturated carbocycles. The number of nitro groups is 1. The van der Waals surface area contributed by atoms with Crippen LogP contribution < -0.4 is 4.90 Å². The van der Waals surface area contributed by atoms with Crippen molar-refractivity contribution in [2.75, 3.05) is 18.0 Å². The summed E-state index contributed by atoms with van der Waals surface area (Å²) < 4.78 is 13.0. The van der Waals surface area contributed by atoms with Gasteiger partial charge >= 0.3 is 0 Å². The molecule has 4 nitrogen and oxygen atoms in total. The Morgan fingerprint density at radius 3 is 2.60 bits per heavy atom. The molecule has 0 radical (unpaired) electrons. The van der Waals surface area contributed by atoms with Crippen LogP contribution in [0.15, 0.2) is 18.2 Å². The van der Waals surface area contributed by atoms with E-state index in [0.717, 1.165) is 32.0 Å². The van der Waals surface area contributed by atoms with Gasteiger partial charge in [0.05, 0.1) is 4.92 Å². The highest BCUT2D eigenvalue weighted by atomic mass is 19.1. The van der Waals surface area contributed by atoms with Gasteiger partial charge in [0.25, 0.3) is 5.69 Å². The molecule has 0 spiro atoms. The Balaban J connectivity index is 2.41. The maximum absolute atomic E-state index is 13.0. The molecule has 15 heavy (non-hydrogen) atoms. The van der Waals surface area contributed by atoms with Gasteiger partial charge in [0.15, 0.2) is 0 Å². The van der Waals surface area contributed by atoms with E-state index in [1.54, 1.807) is 0 Å². The van der Waals surface area contributed by atoms with Crippen LogP contribution in [-0.4, -0.2) is 18.0 Å². The maximum Gasteiger partial charge on any atom is 0.292 e. The van der Waals surface area contributed by atoms with Crippen LogP contribution in [0.1, 0.15) is 12.8 Å². The van der Waals surface area contributed by atoms with Gasteiger partial charge in [0.1, 0.15) is 11.5 Å². The lowest BCUT2D eigenvalue weighted by Crippen LogP contribution is -2.19. The van der Waals surface area contributed by atoms with Gasteiger partial charge in [-0.2, -0.15) is 0 Å². The second-order valence-electron chi connectivity index (χ2n) is 3.58. The van der Waals surface area contributed by atoms with Crippen molar-refractivity contribution in [2.45, 2.75) is 12.8 Å². The third-order valence-electron chi connectivity index (χ3n) is 2.58. The molecule has 1 heterocycles. The second-order valence-corrected chi connectivity index (χ2v) is 3.58. The first-order valence-corrected chi connectivity index (χ1v) is 4.87. The van der Waals surface area contributed by atoms with E-state index in [1.165, 1.54) is 12.1 Å². The Labute approximate surface area is 86.5 Å². The lowest BCUT2D eigenvalue weighted by molar-refractivity contribution is -0.384. The molecule has 1 aliphatic heterocycles. The Hall–Kier alpha value is -1.65. The number of nitrogens with zero attached hydrogens (tertiary/aromatic N) is 2. The Kier molecular flexibility index (Phi) is 2.53. The van der Waals surface area contributed by atoms with Crippen molar-refractivity contribution < 1.29 is 9.31 Å². The van der Waals surface area contributed by atoms with Crippen LogP contribution in [0.4, 0.5) is 15.8 Å². The Morgan fingerprint density at radius 2 is 2.00 bits per heavy atom. The number of halogens is 1. The topological polar surface area (TPSA) is 46.4 Å². The van der Waals surface area contributed by atoms with Crippen molar-refractivity contribution in [3.05, 3.63) is 34.1 Å². The summed E-state index contributed by atoms with van der Waals surface area (Å²) in [5, 5.41) is 10.7. The summed E-state index contributed by atoms with van der Waals surface area (Å²) >= 11 is 0. The van der Waals surface area contributed by atoms with E-state index in [2.05, 4.69) is 0 Å². The van der Waals surface area contributed by atoms with Gasteiger partial charge in [-0.3, -0.25) is 10.1 Å². The zero-order valence-electron chi connectivity index (χ0n) is 8.15. The summed E-state index contributed by atoms with van der Waals surface area (Å²) in [6, 6.07) is 3.59. The number of hydrogen-bond acceptors (Lipinski definition) is 3. The van der Waals surface area contributed by atoms with Crippen LogP contribution in [0.3, 0.4) is 0 Å². The SMILES string of the molecule is O=[N+]([O-])c1ccc(F)cc1N1CCCC1. The first-order chi connectivity index (χ1) is 7.18. The van der Waals surface area contributed by atoms with Crippen LogP contribution in [0.25, 0.3) is 0 Å². The van der Waals surface area contributed by atoms with Crippen molar-refractivity contribution in [3.63, 3.8) is 0 Å². The minimum atomic E-state index is -0.465. The van der Waals surface area contributed by atoms with Crippen molar-refractivity contribution in [2.24, 2.45) is 0 Å². The van der Waals surface area contributed by atoms with Crippen molar-refractivity contribution >= 4 is 11.4 Å². The molecule has 1 fully saturated rings. The third-order valence-corrected chi connectivity index (χ3v) is 2.58. The third kappa shape index (κ3) is 1.91. The standard InChI is InChI=1S/C10H11FN2O2/c11-8-3-4-9(13(14)15)10(7-8)12-5-1-2-6-12/h3-4,7H,1-2,5-6H2. The van der Waals surface area contributed by atoms with E-state index < -0.39 is 10.7 Å². The van der Waals surface area contributed by atoms with Crippen LogP contribution in [0.2, 0.25) is 0 Å². The highest BCUT2D eigenvalue weighted by molar-refractivity contribution is 5.63. The molecule has 1 aliphatic rings. The van der Waals surface area contributed by atoms with Crippen molar-refractivity contribution in [1.29, 1.82) is 0 Å². The molecular weight excluding hydrogens is 199 g/mol. The average molecular weight is 210 g/mol. The van der Waals surface area contributed by atoms with Crippen LogP contribution in [0.5, 0.6) is 0 Å². The fourth-order valence-corrected chi connectivity index (χ4v) is 1.86. The summed E-state index contributed by atoms with van der Waals surface area (Å²) in [7, 11) is 0.